The van der Waals surface area contributed by atoms with Gasteiger partial charge in [0.1, 0.15) is 0 Å². The van der Waals surface area contributed by atoms with Gasteiger partial charge in [-0.05, 0) is 0 Å². The third-order valence-corrected chi connectivity index (χ3v) is 6.60. The van der Waals surface area contributed by atoms with Crippen LogP contribution in [0.2, 0.25) is 5.32 Å². The molecular weight excluding hydrogens is 443 g/mol. The molecule has 7 nitrogen and oxygen atoms in total. The first kappa shape index (κ1) is 21.6. The summed E-state index contributed by atoms with van der Waals surface area (Å²) in [6, 6.07) is 17.2. The molecule has 0 radical (unpaired) electrons. The first-order valence-electron chi connectivity index (χ1n) is 9.04. The van der Waals surface area contributed by atoms with Crippen molar-refractivity contribution in [2.75, 3.05) is 7.11 Å². The van der Waals surface area contributed by atoms with Gasteiger partial charge < -0.3 is 0 Å². The number of carbonyl (C=O) groups excluding carboxylic acids is 2. The van der Waals surface area contributed by atoms with Gasteiger partial charge >= 0.3 is 175 Å². The Kier molecular flexibility index (Phi) is 7.55. The van der Waals surface area contributed by atoms with E-state index in [4.69, 9.17) is 14.2 Å². The molecule has 1 aliphatic rings. The Morgan fingerprint density at radius 2 is 1.55 bits per heavy atom. The molecule has 0 aliphatic carbocycles. The average Bonchev–Trinajstić information content (AvgIpc) is 2.77. The number of benzene rings is 2. The summed E-state index contributed by atoms with van der Waals surface area (Å²) in [6.45, 7) is 0. The Morgan fingerprint density at radius 1 is 0.966 bits per heavy atom. The molecule has 1 saturated heterocycles. The van der Waals surface area contributed by atoms with Gasteiger partial charge in [0, 0.05) is 0 Å². The molecule has 0 amide bonds. The second-order valence-electron chi connectivity index (χ2n) is 6.46. The minimum absolute atomic E-state index is 0.0376. The van der Waals surface area contributed by atoms with E-state index >= 15 is 0 Å². The van der Waals surface area contributed by atoms with Crippen molar-refractivity contribution in [1.29, 1.82) is 0 Å². The summed E-state index contributed by atoms with van der Waals surface area (Å²) >= 11 is -0.524. The fourth-order valence-electron chi connectivity index (χ4n) is 2.96. The van der Waals surface area contributed by atoms with E-state index in [2.05, 4.69) is 0 Å². The molecule has 0 saturated carbocycles. The van der Waals surface area contributed by atoms with E-state index in [0.717, 1.165) is 0 Å². The molecule has 0 unspecified atom stereocenters. The Balaban J connectivity index is 1.73. The van der Waals surface area contributed by atoms with Gasteiger partial charge in [-0.1, -0.05) is 0 Å². The summed E-state index contributed by atoms with van der Waals surface area (Å²) in [4.78, 5) is 24.9. The van der Waals surface area contributed by atoms with Crippen LogP contribution in [0.15, 0.2) is 60.7 Å². The third kappa shape index (κ3) is 5.30. The third-order valence-electron chi connectivity index (χ3n) is 4.51. The summed E-state index contributed by atoms with van der Waals surface area (Å²) in [7, 11) is 1.34. The molecule has 2 N–H and O–H groups in total. The van der Waals surface area contributed by atoms with E-state index in [-0.39, 0.29) is 10.0 Å². The number of aliphatic hydroxyl groups excluding tert-OH is 2. The molecule has 2 aromatic carbocycles. The summed E-state index contributed by atoms with van der Waals surface area (Å²) < 4.78 is 16.2. The summed E-state index contributed by atoms with van der Waals surface area (Å²) in [5, 5.41) is 21.0. The van der Waals surface area contributed by atoms with Gasteiger partial charge in [-0.2, -0.15) is 0 Å². The van der Waals surface area contributed by atoms with Crippen molar-refractivity contribution >= 4 is 25.6 Å². The number of hydrogen-bond acceptors (Lipinski definition) is 7. The zero-order chi connectivity index (χ0) is 20.8. The van der Waals surface area contributed by atoms with Crippen molar-refractivity contribution in [2.24, 2.45) is 0 Å². The van der Waals surface area contributed by atoms with Crippen LogP contribution in [0.3, 0.4) is 0 Å². The average molecular weight is 465 g/mol. The van der Waals surface area contributed by atoms with Crippen LogP contribution in [-0.4, -0.2) is 73.6 Å². The Bertz CT molecular complexity index is 814. The van der Waals surface area contributed by atoms with Crippen molar-refractivity contribution < 1.29 is 34.0 Å². The number of aliphatic hydroxyl groups is 2. The van der Waals surface area contributed by atoms with Gasteiger partial charge in [-0.3, -0.25) is 0 Å². The quantitative estimate of drug-likeness (QED) is 0.469. The minimum atomic E-state index is -1.41. The van der Waals surface area contributed by atoms with E-state index in [1.165, 1.54) is 7.11 Å². The number of methoxy groups -OCH3 is 1. The summed E-state index contributed by atoms with van der Waals surface area (Å²) in [6.07, 6.45) is -5.80. The fraction of sp³-hybridized carbons (Fsp3) is 0.333. The first-order valence-corrected chi connectivity index (χ1v) is 11.1. The fourth-order valence-corrected chi connectivity index (χ4v) is 4.82. The number of hydrogen-bond donors (Lipinski definition) is 2. The van der Waals surface area contributed by atoms with Gasteiger partial charge in [-0.25, -0.2) is 0 Å². The Morgan fingerprint density at radius 3 is 2.14 bits per heavy atom. The second-order valence-corrected chi connectivity index (χ2v) is 8.54. The number of carbonyl (C=O) groups is 2. The molecule has 2 aromatic rings. The van der Waals surface area contributed by atoms with Crippen molar-refractivity contribution in [3.63, 3.8) is 0 Å². The summed E-state index contributed by atoms with van der Waals surface area (Å²) in [5.74, 6) is -0.645. The Labute approximate surface area is 174 Å². The van der Waals surface area contributed by atoms with Gasteiger partial charge in [-0.15, -0.1) is 0 Å². The van der Waals surface area contributed by atoms with E-state index in [9.17, 15) is 19.8 Å². The van der Waals surface area contributed by atoms with Crippen molar-refractivity contribution in [3.8, 4) is 0 Å². The van der Waals surface area contributed by atoms with Crippen molar-refractivity contribution in [3.05, 3.63) is 71.8 Å². The van der Waals surface area contributed by atoms with Crippen LogP contribution < -0.4 is 0 Å². The van der Waals surface area contributed by atoms with Crippen LogP contribution in [0.5, 0.6) is 0 Å². The molecule has 3 rings (SSSR count). The predicted molar refractivity (Wildman–Crippen MR) is 105 cm³/mol. The van der Waals surface area contributed by atoms with Crippen LogP contribution in [-0.2, 0) is 14.2 Å². The Hall–Kier alpha value is -2.06. The van der Waals surface area contributed by atoms with E-state index in [1.54, 1.807) is 54.6 Å². The second kappa shape index (κ2) is 10.1. The molecule has 29 heavy (non-hydrogen) atoms. The first-order chi connectivity index (χ1) is 14.0. The van der Waals surface area contributed by atoms with E-state index in [1.807, 2.05) is 6.07 Å². The molecule has 0 aromatic heterocycles. The van der Waals surface area contributed by atoms with Gasteiger partial charge in [0.05, 0.1) is 0 Å². The monoisotopic (exact) mass is 466 g/mol. The molecular formula is C21H22O7Se. The number of ether oxygens (including phenoxy) is 3. The van der Waals surface area contributed by atoms with Crippen molar-refractivity contribution in [1.82, 2.24) is 0 Å². The summed E-state index contributed by atoms with van der Waals surface area (Å²) in [5.41, 5.74) is 0.901. The van der Waals surface area contributed by atoms with Crippen LogP contribution in [0.4, 0.5) is 0 Å². The molecule has 1 heterocycles. The predicted octanol–water partition coefficient (Wildman–Crippen LogP) is 1.27. The normalized spacial score (nSPS) is 26.7. The maximum absolute atomic E-state index is 12.5. The van der Waals surface area contributed by atoms with Crippen LogP contribution >= 0.6 is 0 Å². The van der Waals surface area contributed by atoms with E-state index in [0.29, 0.717) is 11.1 Å². The molecule has 5 atom stereocenters. The van der Waals surface area contributed by atoms with Crippen LogP contribution in [0.25, 0.3) is 0 Å². The molecule has 0 spiro atoms. The van der Waals surface area contributed by atoms with Gasteiger partial charge in [0.25, 0.3) is 0 Å². The molecule has 0 bridgehead atoms. The van der Waals surface area contributed by atoms with Crippen molar-refractivity contribution in [2.45, 2.75) is 36.0 Å². The molecule has 1 aliphatic heterocycles. The van der Waals surface area contributed by atoms with Gasteiger partial charge in [0.15, 0.2) is 0 Å². The molecule has 1 fully saturated rings. The molecule has 8 heteroatoms. The number of esters is 1. The SMILES string of the molecule is CO[C@H]1O[C@H](C[Se]C(=O)c2ccccc2)[C@@H](OC(=O)c2ccccc2)[C@H](O)[C@H]1O. The topological polar surface area (TPSA) is 102 Å². The zero-order valence-electron chi connectivity index (χ0n) is 15.7. The van der Waals surface area contributed by atoms with Gasteiger partial charge in [0.2, 0.25) is 0 Å². The molecule has 154 valence electrons. The van der Waals surface area contributed by atoms with Crippen LogP contribution in [0.1, 0.15) is 20.7 Å². The van der Waals surface area contributed by atoms with E-state index < -0.39 is 51.6 Å². The standard InChI is InChI=1S/C21H22O7Se/c1-26-21-17(23)16(22)18(28-19(24)13-8-4-2-5-9-13)15(27-21)12-29-20(25)14-10-6-3-7-11-14/h2-11,15-18,21-23H,12H2,1H3/t15-,16-,17-,18-,21+/m1/s1. The number of rotatable bonds is 7. The van der Waals surface area contributed by atoms with Crippen LogP contribution in [0, 0.1) is 0 Å². The zero-order valence-corrected chi connectivity index (χ0v) is 17.4. The maximum atomic E-state index is 12.5.